The molecule has 1 aliphatic rings. The van der Waals surface area contributed by atoms with Crippen LogP contribution < -0.4 is 5.32 Å². The number of nitrogens with one attached hydrogen (secondary N) is 1. The number of nitrogens with zero attached hydrogens (tertiary/aromatic N) is 2. The van der Waals surface area contributed by atoms with Crippen molar-refractivity contribution in [1.29, 1.82) is 0 Å². The molecule has 4 nitrogen and oxygen atoms in total. The van der Waals surface area contributed by atoms with Crippen LogP contribution in [-0.2, 0) is 4.79 Å². The van der Waals surface area contributed by atoms with Crippen LogP contribution in [0, 0.1) is 5.82 Å². The van der Waals surface area contributed by atoms with Gasteiger partial charge < -0.3 is 15.1 Å². The van der Waals surface area contributed by atoms with Gasteiger partial charge in [-0.15, -0.1) is 0 Å². The second-order valence-electron chi connectivity index (χ2n) is 4.90. The number of carbonyl (C=O) groups excluding carboxylic acids is 1. The summed E-state index contributed by atoms with van der Waals surface area (Å²) >= 11 is 6.70. The molecular weight excluding hydrogens is 309 g/mol. The number of likely N-dealkylation sites (N-methyl/N-ethyl adjacent to an activating group) is 1. The molecule has 1 aromatic rings. The van der Waals surface area contributed by atoms with Crippen LogP contribution in [0.4, 0.5) is 10.1 Å². The molecule has 1 aliphatic heterocycles. The van der Waals surface area contributed by atoms with E-state index in [-0.39, 0.29) is 17.5 Å². The van der Waals surface area contributed by atoms with Crippen molar-refractivity contribution in [2.45, 2.75) is 0 Å². The van der Waals surface area contributed by atoms with Gasteiger partial charge in [-0.25, -0.2) is 4.39 Å². The average molecular weight is 327 g/mol. The summed E-state index contributed by atoms with van der Waals surface area (Å²) in [6, 6.07) is 5.85. The van der Waals surface area contributed by atoms with Crippen LogP contribution in [0.15, 0.2) is 24.3 Å². The largest absolute Gasteiger partial charge is 0.355 e. The number of rotatable bonds is 3. The smallest absolute Gasteiger partial charge is 0.234 e. The van der Waals surface area contributed by atoms with Crippen LogP contribution in [0.25, 0.3) is 0 Å². The molecule has 21 heavy (non-hydrogen) atoms. The highest BCUT2D eigenvalue weighted by Crippen LogP contribution is 2.14. The summed E-state index contributed by atoms with van der Waals surface area (Å²) in [6.07, 6.45) is 0. The normalized spacial score (nSPS) is 15.8. The van der Waals surface area contributed by atoms with E-state index in [1.54, 1.807) is 12.1 Å². The fourth-order valence-electron chi connectivity index (χ4n) is 1.97. The third kappa shape index (κ3) is 5.26. The Morgan fingerprint density at radius 2 is 2.10 bits per heavy atom. The molecule has 1 fully saturated rings. The first-order valence-corrected chi connectivity index (χ1v) is 8.09. The second-order valence-corrected chi connectivity index (χ2v) is 6.51. The number of thioether (sulfide) groups is 1. The lowest BCUT2D eigenvalue weighted by Gasteiger charge is -2.33. The van der Waals surface area contributed by atoms with E-state index in [9.17, 15) is 9.18 Å². The summed E-state index contributed by atoms with van der Waals surface area (Å²) in [5.41, 5.74) is 0.464. The van der Waals surface area contributed by atoms with Crippen molar-refractivity contribution in [2.24, 2.45) is 0 Å². The molecule has 0 saturated carbocycles. The van der Waals surface area contributed by atoms with Crippen molar-refractivity contribution in [2.75, 3.05) is 44.3 Å². The number of thiocarbonyl (C=S) groups is 1. The minimum atomic E-state index is -0.367. The van der Waals surface area contributed by atoms with E-state index in [1.165, 1.54) is 23.9 Å². The van der Waals surface area contributed by atoms with Gasteiger partial charge in [0.05, 0.1) is 5.75 Å². The Kier molecular flexibility index (Phi) is 5.96. The third-order valence-corrected chi connectivity index (χ3v) is 4.72. The van der Waals surface area contributed by atoms with Crippen molar-refractivity contribution in [3.8, 4) is 0 Å². The Labute approximate surface area is 133 Å². The van der Waals surface area contributed by atoms with E-state index in [0.29, 0.717) is 5.69 Å². The SMILES string of the molecule is CN1CCN(C(=S)SCC(=O)Nc2cccc(F)c2)CC1. The van der Waals surface area contributed by atoms with Crippen LogP contribution in [-0.4, -0.2) is 59.0 Å². The molecule has 0 unspecified atom stereocenters. The van der Waals surface area contributed by atoms with Gasteiger partial charge in [0.2, 0.25) is 5.91 Å². The molecule has 114 valence electrons. The maximum Gasteiger partial charge on any atom is 0.234 e. The molecule has 1 amide bonds. The molecule has 0 radical (unpaired) electrons. The van der Waals surface area contributed by atoms with Crippen LogP contribution in [0.5, 0.6) is 0 Å². The first-order chi connectivity index (χ1) is 10.0. The van der Waals surface area contributed by atoms with Crippen molar-refractivity contribution in [3.05, 3.63) is 30.1 Å². The number of benzene rings is 1. The van der Waals surface area contributed by atoms with E-state index in [0.717, 1.165) is 30.5 Å². The minimum absolute atomic E-state index is 0.179. The molecule has 7 heteroatoms. The lowest BCUT2D eigenvalue weighted by molar-refractivity contribution is -0.113. The average Bonchev–Trinajstić information content (AvgIpc) is 2.45. The summed E-state index contributed by atoms with van der Waals surface area (Å²) in [4.78, 5) is 16.2. The molecule has 1 N–H and O–H groups in total. The van der Waals surface area contributed by atoms with Crippen LogP contribution in [0.1, 0.15) is 0 Å². The predicted octanol–water partition coefficient (Wildman–Crippen LogP) is 2.03. The van der Waals surface area contributed by atoms with Crippen LogP contribution in [0.2, 0.25) is 0 Å². The van der Waals surface area contributed by atoms with E-state index >= 15 is 0 Å². The molecule has 0 aromatic heterocycles. The Morgan fingerprint density at radius 3 is 2.76 bits per heavy atom. The van der Waals surface area contributed by atoms with Gasteiger partial charge in [0, 0.05) is 31.9 Å². The molecule has 2 rings (SSSR count). The zero-order valence-electron chi connectivity index (χ0n) is 11.8. The first-order valence-electron chi connectivity index (χ1n) is 6.70. The summed E-state index contributed by atoms with van der Waals surface area (Å²) in [5.74, 6) is -0.308. The highest BCUT2D eigenvalue weighted by Gasteiger charge is 2.17. The zero-order chi connectivity index (χ0) is 15.2. The topological polar surface area (TPSA) is 35.6 Å². The highest BCUT2D eigenvalue weighted by atomic mass is 32.2. The number of halogens is 1. The van der Waals surface area contributed by atoms with Crippen molar-refractivity contribution in [1.82, 2.24) is 9.80 Å². The fourth-order valence-corrected chi connectivity index (χ4v) is 3.02. The Morgan fingerprint density at radius 1 is 1.38 bits per heavy atom. The Balaban J connectivity index is 1.75. The van der Waals surface area contributed by atoms with Gasteiger partial charge in [0.15, 0.2) is 0 Å². The lowest BCUT2D eigenvalue weighted by atomic mass is 10.3. The van der Waals surface area contributed by atoms with Gasteiger partial charge >= 0.3 is 0 Å². The van der Waals surface area contributed by atoms with Crippen molar-refractivity contribution in [3.63, 3.8) is 0 Å². The number of amides is 1. The van der Waals surface area contributed by atoms with E-state index in [2.05, 4.69) is 22.2 Å². The summed E-state index contributed by atoms with van der Waals surface area (Å²) in [6.45, 7) is 3.76. The van der Waals surface area contributed by atoms with Gasteiger partial charge in [-0.05, 0) is 25.2 Å². The van der Waals surface area contributed by atoms with Crippen LogP contribution in [0.3, 0.4) is 0 Å². The van der Waals surface area contributed by atoms with Gasteiger partial charge in [-0.1, -0.05) is 30.0 Å². The second kappa shape index (κ2) is 7.72. The third-order valence-electron chi connectivity index (χ3n) is 3.20. The molecule has 0 spiro atoms. The summed E-state index contributed by atoms with van der Waals surface area (Å²) < 4.78 is 13.8. The molecule has 0 aliphatic carbocycles. The van der Waals surface area contributed by atoms with E-state index in [1.807, 2.05) is 0 Å². The van der Waals surface area contributed by atoms with Gasteiger partial charge in [-0.2, -0.15) is 0 Å². The maximum atomic E-state index is 13.0. The van der Waals surface area contributed by atoms with Crippen LogP contribution >= 0.6 is 24.0 Å². The monoisotopic (exact) mass is 327 g/mol. The number of piperazine rings is 1. The zero-order valence-corrected chi connectivity index (χ0v) is 13.5. The summed E-state index contributed by atoms with van der Waals surface area (Å²) in [7, 11) is 2.08. The number of anilines is 1. The number of hydrogen-bond donors (Lipinski definition) is 1. The fraction of sp³-hybridized carbons (Fsp3) is 0.429. The van der Waals surface area contributed by atoms with Gasteiger partial charge in [0.1, 0.15) is 10.1 Å². The van der Waals surface area contributed by atoms with Gasteiger partial charge in [0.25, 0.3) is 0 Å². The van der Waals surface area contributed by atoms with Crippen molar-refractivity contribution < 1.29 is 9.18 Å². The number of carbonyl (C=O) groups is 1. The molecule has 1 aromatic carbocycles. The maximum absolute atomic E-state index is 13.0. The van der Waals surface area contributed by atoms with E-state index < -0.39 is 0 Å². The molecule has 1 heterocycles. The van der Waals surface area contributed by atoms with Crippen molar-refractivity contribution >= 4 is 39.9 Å². The Bertz CT molecular complexity index is 519. The highest BCUT2D eigenvalue weighted by molar-refractivity contribution is 8.23. The number of hydrogen-bond acceptors (Lipinski definition) is 4. The lowest BCUT2D eigenvalue weighted by Crippen LogP contribution is -2.46. The molecule has 0 atom stereocenters. The molecule has 0 bridgehead atoms. The minimum Gasteiger partial charge on any atom is -0.355 e. The standard InChI is InChI=1S/C14H18FN3OS2/c1-17-5-7-18(8-6-17)14(20)21-10-13(19)16-12-4-2-3-11(15)9-12/h2-4,9H,5-8,10H2,1H3,(H,16,19). The first kappa shape index (κ1) is 16.2. The quantitative estimate of drug-likeness (QED) is 0.860. The van der Waals surface area contributed by atoms with Gasteiger partial charge in [-0.3, -0.25) is 4.79 Å². The predicted molar refractivity (Wildman–Crippen MR) is 89.2 cm³/mol. The Hall–Kier alpha value is -1.18. The molecular formula is C14H18FN3OS2. The molecule has 1 saturated heterocycles. The summed E-state index contributed by atoms with van der Waals surface area (Å²) in [5, 5.41) is 2.66. The van der Waals surface area contributed by atoms with E-state index in [4.69, 9.17) is 12.2 Å².